The first-order valence-electron chi connectivity index (χ1n) is 5.52. The second-order valence-electron chi connectivity index (χ2n) is 4.37. The number of rotatable bonds is 2. The Hall–Kier alpha value is -1.23. The molecule has 1 aromatic rings. The highest BCUT2D eigenvalue weighted by Crippen LogP contribution is 2.38. The van der Waals surface area contributed by atoms with Crippen LogP contribution in [0.4, 0.5) is 15.8 Å². The molecule has 1 atom stereocenters. The molecule has 17 heavy (non-hydrogen) atoms. The van der Waals surface area contributed by atoms with Crippen LogP contribution in [0.5, 0.6) is 0 Å². The van der Waals surface area contributed by atoms with Crippen LogP contribution in [-0.4, -0.2) is 16.4 Å². The molecule has 0 spiro atoms. The second kappa shape index (κ2) is 4.56. The maximum Gasteiger partial charge on any atom is 0.240 e. The van der Waals surface area contributed by atoms with Gasteiger partial charge in [0.25, 0.3) is 0 Å². The van der Waals surface area contributed by atoms with Gasteiger partial charge in [-0.15, -0.1) is 11.8 Å². The van der Waals surface area contributed by atoms with Crippen LogP contribution in [0.25, 0.3) is 0 Å². The third-order valence-electron chi connectivity index (χ3n) is 2.96. The van der Waals surface area contributed by atoms with Gasteiger partial charge in [-0.05, 0) is 43.7 Å². The maximum absolute atomic E-state index is 13.2. The topological polar surface area (TPSA) is 55.1 Å². The zero-order chi connectivity index (χ0) is 12.5. The molecule has 3 nitrogen and oxygen atoms in total. The summed E-state index contributed by atoms with van der Waals surface area (Å²) in [6, 6.07) is 4.31. The summed E-state index contributed by atoms with van der Waals surface area (Å²) in [6.45, 7) is 1.92. The Bertz CT molecular complexity index is 444. The number of thioether (sulfide) groups is 1. The Morgan fingerprint density at radius 2 is 2.35 bits per heavy atom. The van der Waals surface area contributed by atoms with Gasteiger partial charge in [0.05, 0.1) is 10.4 Å². The lowest BCUT2D eigenvalue weighted by Gasteiger charge is -2.21. The van der Waals surface area contributed by atoms with Gasteiger partial charge in [0.2, 0.25) is 5.91 Å². The smallest absolute Gasteiger partial charge is 0.240 e. The van der Waals surface area contributed by atoms with Gasteiger partial charge in [0, 0.05) is 5.69 Å². The van der Waals surface area contributed by atoms with E-state index in [0.29, 0.717) is 5.69 Å². The van der Waals surface area contributed by atoms with E-state index in [2.05, 4.69) is 5.32 Å². The van der Waals surface area contributed by atoms with Crippen molar-refractivity contribution in [3.8, 4) is 0 Å². The van der Waals surface area contributed by atoms with Gasteiger partial charge in [-0.3, -0.25) is 4.79 Å². The first kappa shape index (κ1) is 12.2. The molecule has 0 saturated carbocycles. The molecular weight excluding hydrogens is 239 g/mol. The fourth-order valence-electron chi connectivity index (χ4n) is 1.83. The molecule has 0 aliphatic carbocycles. The van der Waals surface area contributed by atoms with Crippen molar-refractivity contribution < 1.29 is 9.18 Å². The van der Waals surface area contributed by atoms with Gasteiger partial charge in [0.1, 0.15) is 5.82 Å². The fourth-order valence-corrected chi connectivity index (χ4v) is 3.04. The van der Waals surface area contributed by atoms with E-state index in [1.54, 1.807) is 17.8 Å². The molecule has 1 aliphatic rings. The van der Waals surface area contributed by atoms with E-state index >= 15 is 0 Å². The molecule has 1 unspecified atom stereocenters. The summed E-state index contributed by atoms with van der Waals surface area (Å²) < 4.78 is 12.8. The number of benzene rings is 1. The van der Waals surface area contributed by atoms with Gasteiger partial charge in [0.15, 0.2) is 0 Å². The van der Waals surface area contributed by atoms with E-state index in [1.165, 1.54) is 12.1 Å². The predicted molar refractivity (Wildman–Crippen MR) is 69.5 cm³/mol. The minimum atomic E-state index is -0.507. The highest BCUT2D eigenvalue weighted by molar-refractivity contribution is 8.01. The van der Waals surface area contributed by atoms with Crippen LogP contribution < -0.4 is 11.1 Å². The number of anilines is 2. The molecule has 1 heterocycles. The Morgan fingerprint density at radius 1 is 1.59 bits per heavy atom. The quantitative estimate of drug-likeness (QED) is 0.798. The molecule has 1 aliphatic heterocycles. The number of amides is 1. The Kier molecular flexibility index (Phi) is 3.28. The van der Waals surface area contributed by atoms with Gasteiger partial charge in [-0.25, -0.2) is 4.39 Å². The van der Waals surface area contributed by atoms with E-state index in [1.807, 2.05) is 6.92 Å². The van der Waals surface area contributed by atoms with Crippen LogP contribution in [0.1, 0.15) is 19.8 Å². The summed E-state index contributed by atoms with van der Waals surface area (Å²) in [5.74, 6) is 0.427. The third kappa shape index (κ3) is 2.54. The molecule has 0 aromatic heterocycles. The van der Waals surface area contributed by atoms with Crippen molar-refractivity contribution in [2.45, 2.75) is 24.5 Å². The number of nitrogens with one attached hydrogen (secondary N) is 1. The lowest BCUT2D eigenvalue weighted by molar-refractivity contribution is -0.118. The van der Waals surface area contributed by atoms with Gasteiger partial charge < -0.3 is 11.1 Å². The summed E-state index contributed by atoms with van der Waals surface area (Å²) in [5.41, 5.74) is 5.92. The maximum atomic E-state index is 13.2. The van der Waals surface area contributed by atoms with E-state index < -0.39 is 10.6 Å². The van der Waals surface area contributed by atoms with Crippen LogP contribution >= 0.6 is 11.8 Å². The van der Waals surface area contributed by atoms with Crippen molar-refractivity contribution in [2.75, 3.05) is 16.8 Å². The largest absolute Gasteiger partial charge is 0.396 e. The normalized spacial score (nSPS) is 23.6. The van der Waals surface area contributed by atoms with Crippen molar-refractivity contribution in [3.05, 3.63) is 24.0 Å². The van der Waals surface area contributed by atoms with E-state index in [0.717, 1.165) is 18.6 Å². The summed E-state index contributed by atoms with van der Waals surface area (Å²) in [4.78, 5) is 12.0. The first-order valence-corrected chi connectivity index (χ1v) is 6.50. The van der Waals surface area contributed by atoms with Crippen molar-refractivity contribution >= 4 is 29.0 Å². The number of carbonyl (C=O) groups excluding carboxylic acids is 1. The highest BCUT2D eigenvalue weighted by Gasteiger charge is 2.37. The first-order chi connectivity index (χ1) is 8.01. The van der Waals surface area contributed by atoms with Crippen LogP contribution in [0.2, 0.25) is 0 Å². The van der Waals surface area contributed by atoms with E-state index in [9.17, 15) is 9.18 Å². The Morgan fingerprint density at radius 3 is 2.94 bits per heavy atom. The summed E-state index contributed by atoms with van der Waals surface area (Å²) in [7, 11) is 0. The number of hydrogen-bond acceptors (Lipinski definition) is 3. The lowest BCUT2D eigenvalue weighted by Crippen LogP contribution is -2.34. The van der Waals surface area contributed by atoms with Gasteiger partial charge in [-0.1, -0.05) is 0 Å². The SMILES string of the molecule is CC1(C(=O)Nc2ccc(N)c(F)c2)CCCS1. The Balaban J connectivity index is 2.10. The molecule has 1 amide bonds. The lowest BCUT2D eigenvalue weighted by atomic mass is 10.0. The van der Waals surface area contributed by atoms with Crippen LogP contribution in [0.3, 0.4) is 0 Å². The molecule has 3 N–H and O–H groups in total. The molecule has 1 aromatic carbocycles. The van der Waals surface area contributed by atoms with E-state index in [4.69, 9.17) is 5.73 Å². The van der Waals surface area contributed by atoms with Crippen LogP contribution in [0.15, 0.2) is 18.2 Å². The number of carbonyl (C=O) groups is 1. The van der Waals surface area contributed by atoms with Crippen molar-refractivity contribution in [1.82, 2.24) is 0 Å². The second-order valence-corrected chi connectivity index (χ2v) is 5.97. The average Bonchev–Trinajstić information content (AvgIpc) is 2.72. The molecule has 1 fully saturated rings. The molecule has 1 saturated heterocycles. The molecular formula is C12H15FN2OS. The average molecular weight is 254 g/mol. The van der Waals surface area contributed by atoms with E-state index in [-0.39, 0.29) is 11.6 Å². The molecule has 0 bridgehead atoms. The van der Waals surface area contributed by atoms with Gasteiger partial charge in [-0.2, -0.15) is 0 Å². The van der Waals surface area contributed by atoms with Crippen molar-refractivity contribution in [1.29, 1.82) is 0 Å². The minimum absolute atomic E-state index is 0.0656. The number of nitrogens with two attached hydrogens (primary N) is 1. The zero-order valence-electron chi connectivity index (χ0n) is 9.63. The molecule has 2 rings (SSSR count). The molecule has 5 heteroatoms. The minimum Gasteiger partial charge on any atom is -0.396 e. The summed E-state index contributed by atoms with van der Waals surface area (Å²) >= 11 is 1.65. The monoisotopic (exact) mass is 254 g/mol. The predicted octanol–water partition coefficient (Wildman–Crippen LogP) is 2.63. The molecule has 0 radical (unpaired) electrons. The summed E-state index contributed by atoms with van der Waals surface area (Å²) in [5, 5.41) is 2.74. The van der Waals surface area contributed by atoms with Gasteiger partial charge >= 0.3 is 0 Å². The molecule has 92 valence electrons. The van der Waals surface area contributed by atoms with Crippen molar-refractivity contribution in [3.63, 3.8) is 0 Å². The highest BCUT2D eigenvalue weighted by atomic mass is 32.2. The Labute approximate surface area is 104 Å². The van der Waals surface area contributed by atoms with Crippen LogP contribution in [0, 0.1) is 5.82 Å². The zero-order valence-corrected chi connectivity index (χ0v) is 10.4. The number of hydrogen-bond donors (Lipinski definition) is 2. The summed E-state index contributed by atoms with van der Waals surface area (Å²) in [6.07, 6.45) is 1.91. The van der Waals surface area contributed by atoms with Crippen molar-refractivity contribution in [2.24, 2.45) is 0 Å². The third-order valence-corrected chi connectivity index (χ3v) is 4.48. The fraction of sp³-hybridized carbons (Fsp3) is 0.417. The van der Waals surface area contributed by atoms with Crippen LogP contribution in [-0.2, 0) is 4.79 Å². The standard InChI is InChI=1S/C12H15FN2OS/c1-12(5-2-6-17-12)11(16)15-8-3-4-10(14)9(13)7-8/h3-4,7H,2,5-6,14H2,1H3,(H,15,16). The number of nitrogen functional groups attached to an aromatic ring is 1. The number of halogens is 1.